The molecular formula is C44H53N5O8. The van der Waals surface area contributed by atoms with E-state index in [1.165, 1.54) is 0 Å². The Balaban J connectivity index is 1.45. The topological polar surface area (TPSA) is 178 Å². The predicted molar refractivity (Wildman–Crippen MR) is 219 cm³/mol. The summed E-state index contributed by atoms with van der Waals surface area (Å²) in [6, 6.07) is 24.9. The summed E-state index contributed by atoms with van der Waals surface area (Å²) in [6.45, 7) is 8.12. The number of hydrogen-bond acceptors (Lipinski definition) is 8. The Labute approximate surface area is 334 Å². The van der Waals surface area contributed by atoms with Crippen LogP contribution in [0.5, 0.6) is 5.88 Å². The van der Waals surface area contributed by atoms with Crippen molar-refractivity contribution < 1.29 is 38.9 Å². The highest BCUT2D eigenvalue weighted by atomic mass is 16.5. The molecule has 0 aliphatic heterocycles. The average Bonchev–Trinajstić information content (AvgIpc) is 3.21. The van der Waals surface area contributed by atoms with Crippen LogP contribution < -0.4 is 15.4 Å². The maximum Gasteiger partial charge on any atom is 0.335 e. The molecule has 0 saturated carbocycles. The molecule has 4 aromatic rings. The first-order chi connectivity index (χ1) is 27.4. The third kappa shape index (κ3) is 13.6. The van der Waals surface area contributed by atoms with Gasteiger partial charge >= 0.3 is 11.9 Å². The predicted octanol–water partition coefficient (Wildman–Crippen LogP) is 7.17. The molecule has 0 aliphatic rings. The second kappa shape index (κ2) is 21.9. The lowest BCUT2D eigenvalue weighted by atomic mass is 10.0. The molecule has 13 heteroatoms. The van der Waals surface area contributed by atoms with Crippen molar-refractivity contribution in [3.63, 3.8) is 0 Å². The summed E-state index contributed by atoms with van der Waals surface area (Å²) in [4.78, 5) is 70.2. The fourth-order valence-electron chi connectivity index (χ4n) is 6.29. The first-order valence-electron chi connectivity index (χ1n) is 19.4. The van der Waals surface area contributed by atoms with Crippen LogP contribution in [0.25, 0.3) is 0 Å². The van der Waals surface area contributed by atoms with Gasteiger partial charge in [0.15, 0.2) is 5.69 Å². The maximum atomic E-state index is 13.7. The number of carbonyl (C=O) groups excluding carboxylic acids is 3. The summed E-state index contributed by atoms with van der Waals surface area (Å²) in [6.07, 6.45) is 3.71. The van der Waals surface area contributed by atoms with E-state index in [1.807, 2.05) is 49.4 Å². The molecule has 0 aliphatic carbocycles. The number of ether oxygens (including phenoxy) is 1. The lowest BCUT2D eigenvalue weighted by Gasteiger charge is -2.32. The summed E-state index contributed by atoms with van der Waals surface area (Å²) >= 11 is 0. The molecule has 4 N–H and O–H groups in total. The highest BCUT2D eigenvalue weighted by Gasteiger charge is 2.21. The number of rotatable bonds is 22. The number of aromatic nitrogens is 1. The fraction of sp³-hybridized carbons (Fsp3) is 0.364. The summed E-state index contributed by atoms with van der Waals surface area (Å²) in [5.74, 6) is -2.88. The van der Waals surface area contributed by atoms with Crippen molar-refractivity contribution in [1.29, 1.82) is 0 Å². The summed E-state index contributed by atoms with van der Waals surface area (Å²) in [7, 11) is 1.68. The highest BCUT2D eigenvalue weighted by molar-refractivity contribution is 6.11. The van der Waals surface area contributed by atoms with E-state index >= 15 is 0 Å². The minimum atomic E-state index is -1.01. The lowest BCUT2D eigenvalue weighted by molar-refractivity contribution is -0.140. The Morgan fingerprint density at radius 2 is 1.40 bits per heavy atom. The fourth-order valence-corrected chi connectivity index (χ4v) is 6.29. The SMILES string of the molecule is CCCOc1ccc(NC(=O)c2cccc(CN(CCN(C)C(=O)CCC(=O)O)C(CC)CC)c2)c(C(=O)Nc2ccc(CCc3ccc(C(=O)O)cc3)cc2)n1. The summed E-state index contributed by atoms with van der Waals surface area (Å²) < 4.78 is 5.71. The zero-order valence-electron chi connectivity index (χ0n) is 33.1. The van der Waals surface area contributed by atoms with Gasteiger partial charge in [-0.15, -0.1) is 0 Å². The zero-order valence-corrected chi connectivity index (χ0v) is 33.1. The van der Waals surface area contributed by atoms with Crippen molar-refractivity contribution in [1.82, 2.24) is 14.8 Å². The number of carbonyl (C=O) groups is 5. The van der Waals surface area contributed by atoms with E-state index in [0.29, 0.717) is 37.5 Å². The standard InChI is InChI=1S/C44H53N5O8/c1-5-27-57-38-22-21-37(41(47-38)43(54)45-35-19-15-31(16-20-35)12-11-30-13-17-33(18-14-30)44(55)56)46-42(53)34-10-8-9-32(28-34)29-49(36(6-2)7-3)26-25-48(4)39(50)23-24-40(51)52/h8-10,13-22,28,36H,5-7,11-12,23-27,29H2,1-4H3,(H,45,54)(H,46,53)(H,51,52)(H,55,56). The quantitative estimate of drug-likeness (QED) is 0.0639. The number of nitrogens with zero attached hydrogens (tertiary/aromatic N) is 3. The number of nitrogens with one attached hydrogen (secondary N) is 2. The molecule has 3 aromatic carbocycles. The molecule has 0 unspecified atom stereocenters. The Morgan fingerprint density at radius 1 is 0.737 bits per heavy atom. The molecule has 0 saturated heterocycles. The number of aryl methyl sites for hydroxylation is 2. The van der Waals surface area contributed by atoms with Crippen LogP contribution in [-0.4, -0.2) is 87.4 Å². The molecule has 4 rings (SSSR count). The van der Waals surface area contributed by atoms with Crippen LogP contribution in [0.1, 0.15) is 101 Å². The van der Waals surface area contributed by atoms with Gasteiger partial charge in [-0.1, -0.05) is 57.2 Å². The van der Waals surface area contributed by atoms with Gasteiger partial charge in [0.25, 0.3) is 11.8 Å². The van der Waals surface area contributed by atoms with Crippen LogP contribution in [0.2, 0.25) is 0 Å². The van der Waals surface area contributed by atoms with Crippen LogP contribution in [0.15, 0.2) is 84.9 Å². The van der Waals surface area contributed by atoms with Gasteiger partial charge in [0, 0.05) is 56.5 Å². The number of anilines is 2. The molecule has 1 aromatic heterocycles. The number of carboxylic acid groups (broad SMARTS) is 2. The Morgan fingerprint density at radius 3 is 2.02 bits per heavy atom. The van der Waals surface area contributed by atoms with Crippen LogP contribution in [0, 0.1) is 0 Å². The third-order valence-corrected chi connectivity index (χ3v) is 9.64. The van der Waals surface area contributed by atoms with Crippen molar-refractivity contribution in [2.75, 3.05) is 37.4 Å². The Hall–Kier alpha value is -6.08. The Bertz CT molecular complexity index is 1980. The van der Waals surface area contributed by atoms with E-state index in [4.69, 9.17) is 14.9 Å². The van der Waals surface area contributed by atoms with Gasteiger partial charge < -0.3 is 30.5 Å². The number of amides is 3. The van der Waals surface area contributed by atoms with Crippen molar-refractivity contribution in [2.24, 2.45) is 0 Å². The molecule has 3 amide bonds. The van der Waals surface area contributed by atoms with E-state index in [1.54, 1.807) is 54.4 Å². The highest BCUT2D eigenvalue weighted by Crippen LogP contribution is 2.23. The molecule has 0 bridgehead atoms. The molecule has 57 heavy (non-hydrogen) atoms. The summed E-state index contributed by atoms with van der Waals surface area (Å²) in [5, 5.41) is 23.9. The Kier molecular flexibility index (Phi) is 16.7. The van der Waals surface area contributed by atoms with E-state index in [2.05, 4.69) is 34.4 Å². The first-order valence-corrected chi connectivity index (χ1v) is 19.4. The summed E-state index contributed by atoms with van der Waals surface area (Å²) in [5.41, 5.74) is 4.33. The van der Waals surface area contributed by atoms with Gasteiger partial charge in [0.05, 0.1) is 24.3 Å². The largest absolute Gasteiger partial charge is 0.481 e. The molecule has 0 radical (unpaired) electrons. The number of likely N-dealkylation sites (N-methyl/N-ethyl adjacent to an activating group) is 1. The van der Waals surface area contributed by atoms with Gasteiger partial charge in [0.2, 0.25) is 11.8 Å². The smallest absolute Gasteiger partial charge is 0.335 e. The van der Waals surface area contributed by atoms with Crippen molar-refractivity contribution in [3.05, 3.63) is 118 Å². The van der Waals surface area contributed by atoms with Crippen molar-refractivity contribution in [3.8, 4) is 5.88 Å². The van der Waals surface area contributed by atoms with Crippen molar-refractivity contribution in [2.45, 2.75) is 78.3 Å². The van der Waals surface area contributed by atoms with Crippen LogP contribution in [-0.2, 0) is 29.0 Å². The van der Waals surface area contributed by atoms with Crippen LogP contribution in [0.4, 0.5) is 11.4 Å². The van der Waals surface area contributed by atoms with Crippen molar-refractivity contribution >= 4 is 41.0 Å². The van der Waals surface area contributed by atoms with Gasteiger partial charge in [0.1, 0.15) is 0 Å². The van der Waals surface area contributed by atoms with Crippen LogP contribution in [0.3, 0.4) is 0 Å². The second-order valence-electron chi connectivity index (χ2n) is 13.9. The normalized spacial score (nSPS) is 11.0. The second-order valence-corrected chi connectivity index (χ2v) is 13.9. The maximum absolute atomic E-state index is 13.7. The van der Waals surface area contributed by atoms with E-state index < -0.39 is 23.8 Å². The van der Waals surface area contributed by atoms with Gasteiger partial charge in [-0.3, -0.25) is 24.1 Å². The number of aromatic carboxylic acids is 1. The van der Waals surface area contributed by atoms with Gasteiger partial charge in [-0.2, -0.15) is 0 Å². The molecule has 1 heterocycles. The minimum absolute atomic E-state index is 0.0103. The minimum Gasteiger partial charge on any atom is -0.481 e. The van der Waals surface area contributed by atoms with E-state index in [0.717, 1.165) is 48.8 Å². The number of benzene rings is 3. The molecule has 0 spiro atoms. The average molecular weight is 780 g/mol. The number of hydrogen-bond donors (Lipinski definition) is 4. The number of pyridine rings is 1. The number of aliphatic carboxylic acids is 1. The van der Waals surface area contributed by atoms with E-state index in [-0.39, 0.29) is 47.6 Å². The van der Waals surface area contributed by atoms with Gasteiger partial charge in [-0.05, 0) is 91.3 Å². The monoisotopic (exact) mass is 779 g/mol. The third-order valence-electron chi connectivity index (χ3n) is 9.64. The molecule has 302 valence electrons. The first kappa shape index (κ1) is 43.6. The number of carboxylic acids is 2. The van der Waals surface area contributed by atoms with Crippen LogP contribution >= 0.6 is 0 Å². The zero-order chi connectivity index (χ0) is 41.3. The molecule has 0 fully saturated rings. The van der Waals surface area contributed by atoms with E-state index in [9.17, 15) is 24.0 Å². The molecule has 13 nitrogen and oxygen atoms in total. The van der Waals surface area contributed by atoms with Gasteiger partial charge in [-0.25, -0.2) is 9.78 Å². The molecule has 0 atom stereocenters. The molecular weight excluding hydrogens is 727 g/mol. The lowest BCUT2D eigenvalue weighted by Crippen LogP contribution is -2.41.